The van der Waals surface area contributed by atoms with Crippen molar-refractivity contribution in [2.24, 2.45) is 5.92 Å². The average Bonchev–Trinajstić information content (AvgIpc) is 2.85. The summed E-state index contributed by atoms with van der Waals surface area (Å²) in [6.07, 6.45) is 0.577. The van der Waals surface area contributed by atoms with E-state index in [-0.39, 0.29) is 24.2 Å². The zero-order valence-corrected chi connectivity index (χ0v) is 15.1. The molecule has 0 radical (unpaired) electrons. The molecule has 5 nitrogen and oxygen atoms in total. The molecule has 0 saturated carbocycles. The van der Waals surface area contributed by atoms with Gasteiger partial charge in [0.1, 0.15) is 5.92 Å². The van der Waals surface area contributed by atoms with Crippen LogP contribution >= 0.6 is 28.3 Å². The summed E-state index contributed by atoms with van der Waals surface area (Å²) in [5.74, 6) is -0.743. The van der Waals surface area contributed by atoms with Crippen molar-refractivity contribution in [3.05, 3.63) is 28.7 Å². The topological polar surface area (TPSA) is 52.7 Å². The fourth-order valence-electron chi connectivity index (χ4n) is 2.47. The van der Waals surface area contributed by atoms with Gasteiger partial charge in [-0.2, -0.15) is 0 Å². The van der Waals surface area contributed by atoms with E-state index < -0.39 is 5.92 Å². The number of carbonyl (C=O) groups is 2. The first-order valence-corrected chi connectivity index (χ1v) is 7.80. The standard InChI is InChI=1S/C15H20BrN3O2.ClH/c1-17-7-9-18(2)14(20)13-6-8-19(15(13)21)12-5-3-4-11(16)10-12;/h3-5,10,13,17H,6-9H2,1-2H3;1H. The van der Waals surface area contributed by atoms with Crippen LogP contribution in [0.4, 0.5) is 5.69 Å². The molecule has 0 spiro atoms. The fourth-order valence-corrected chi connectivity index (χ4v) is 2.85. The maximum absolute atomic E-state index is 12.5. The van der Waals surface area contributed by atoms with E-state index in [9.17, 15) is 9.59 Å². The third-order valence-electron chi connectivity index (χ3n) is 3.70. The SMILES string of the molecule is CNCCN(C)C(=O)C1CCN(c2cccc(Br)c2)C1=O.Cl. The van der Waals surface area contributed by atoms with E-state index in [0.29, 0.717) is 19.5 Å². The molecule has 1 heterocycles. The summed E-state index contributed by atoms with van der Waals surface area (Å²) in [4.78, 5) is 28.2. The number of carbonyl (C=O) groups excluding carboxylic acids is 2. The van der Waals surface area contributed by atoms with E-state index in [1.165, 1.54) is 0 Å². The Bertz CT molecular complexity index is 541. The molecular weight excluding hydrogens is 370 g/mol. The number of likely N-dealkylation sites (N-methyl/N-ethyl adjacent to an activating group) is 2. The van der Waals surface area contributed by atoms with Gasteiger partial charge in [0.25, 0.3) is 0 Å². The van der Waals surface area contributed by atoms with Crippen LogP contribution in [0.3, 0.4) is 0 Å². The van der Waals surface area contributed by atoms with E-state index >= 15 is 0 Å². The summed E-state index contributed by atoms with van der Waals surface area (Å²) in [5.41, 5.74) is 0.836. The number of halogens is 2. The molecule has 1 aliphatic rings. The van der Waals surface area contributed by atoms with Crippen molar-refractivity contribution < 1.29 is 9.59 Å². The largest absolute Gasteiger partial charge is 0.344 e. The second-order valence-electron chi connectivity index (χ2n) is 5.17. The van der Waals surface area contributed by atoms with Crippen molar-refractivity contribution >= 4 is 45.8 Å². The van der Waals surface area contributed by atoms with Crippen LogP contribution in [0.15, 0.2) is 28.7 Å². The summed E-state index contributed by atoms with van der Waals surface area (Å²) in [6.45, 7) is 1.92. The molecule has 1 atom stereocenters. The highest BCUT2D eigenvalue weighted by atomic mass is 79.9. The third kappa shape index (κ3) is 4.21. The summed E-state index contributed by atoms with van der Waals surface area (Å²) in [7, 11) is 3.59. The van der Waals surface area contributed by atoms with Crippen LogP contribution in [0.5, 0.6) is 0 Å². The third-order valence-corrected chi connectivity index (χ3v) is 4.19. The normalized spacial score (nSPS) is 17.3. The van der Waals surface area contributed by atoms with Crippen LogP contribution < -0.4 is 10.2 Å². The average molecular weight is 391 g/mol. The first kappa shape index (κ1) is 18.9. The maximum Gasteiger partial charge on any atom is 0.239 e. The Morgan fingerprint density at radius 2 is 2.23 bits per heavy atom. The Kier molecular flexibility index (Phi) is 7.32. The molecule has 0 aromatic heterocycles. The number of hydrogen-bond acceptors (Lipinski definition) is 3. The number of hydrogen-bond donors (Lipinski definition) is 1. The van der Waals surface area contributed by atoms with Crippen molar-refractivity contribution in [1.82, 2.24) is 10.2 Å². The van der Waals surface area contributed by atoms with Crippen molar-refractivity contribution in [2.45, 2.75) is 6.42 Å². The zero-order valence-electron chi connectivity index (χ0n) is 12.7. The van der Waals surface area contributed by atoms with Gasteiger partial charge in [0, 0.05) is 36.8 Å². The first-order chi connectivity index (χ1) is 10.0. The van der Waals surface area contributed by atoms with Gasteiger partial charge in [-0.25, -0.2) is 0 Å². The number of amides is 2. The summed E-state index contributed by atoms with van der Waals surface area (Å²) < 4.78 is 0.925. The van der Waals surface area contributed by atoms with Gasteiger partial charge in [-0.15, -0.1) is 12.4 Å². The summed E-state index contributed by atoms with van der Waals surface area (Å²) >= 11 is 3.40. The number of rotatable bonds is 5. The van der Waals surface area contributed by atoms with Gasteiger partial charge in [0.15, 0.2) is 0 Å². The molecular formula is C15H21BrClN3O2. The molecule has 1 fully saturated rings. The van der Waals surface area contributed by atoms with Crippen LogP contribution in [0, 0.1) is 5.92 Å². The van der Waals surface area contributed by atoms with Crippen LogP contribution in [0.2, 0.25) is 0 Å². The Morgan fingerprint density at radius 1 is 1.50 bits per heavy atom. The van der Waals surface area contributed by atoms with E-state index in [2.05, 4.69) is 21.2 Å². The fraction of sp³-hybridized carbons (Fsp3) is 0.467. The highest BCUT2D eigenvalue weighted by Crippen LogP contribution is 2.28. The molecule has 0 aliphatic carbocycles. The quantitative estimate of drug-likeness (QED) is 0.781. The molecule has 1 N–H and O–H groups in total. The lowest BCUT2D eigenvalue weighted by atomic mass is 10.1. The van der Waals surface area contributed by atoms with Gasteiger partial charge in [-0.1, -0.05) is 22.0 Å². The van der Waals surface area contributed by atoms with Crippen LogP contribution in [0.25, 0.3) is 0 Å². The molecule has 2 amide bonds. The first-order valence-electron chi connectivity index (χ1n) is 7.01. The van der Waals surface area contributed by atoms with Gasteiger partial charge in [0.05, 0.1) is 0 Å². The zero-order chi connectivity index (χ0) is 15.4. The van der Waals surface area contributed by atoms with Crippen molar-refractivity contribution in [3.8, 4) is 0 Å². The van der Waals surface area contributed by atoms with Crippen molar-refractivity contribution in [1.29, 1.82) is 0 Å². The van der Waals surface area contributed by atoms with E-state index in [1.807, 2.05) is 31.3 Å². The predicted molar refractivity (Wildman–Crippen MR) is 93.4 cm³/mol. The van der Waals surface area contributed by atoms with E-state index in [4.69, 9.17) is 0 Å². The Balaban J connectivity index is 0.00000242. The lowest BCUT2D eigenvalue weighted by Gasteiger charge is -2.21. The van der Waals surface area contributed by atoms with Gasteiger partial charge in [-0.05, 0) is 31.7 Å². The van der Waals surface area contributed by atoms with Crippen LogP contribution in [-0.2, 0) is 9.59 Å². The van der Waals surface area contributed by atoms with Gasteiger partial charge >= 0.3 is 0 Å². The molecule has 1 aliphatic heterocycles. The number of anilines is 1. The molecule has 0 bridgehead atoms. The minimum absolute atomic E-state index is 0. The number of nitrogens with one attached hydrogen (secondary N) is 1. The Hall–Kier alpha value is -1.11. The van der Waals surface area contributed by atoms with Crippen molar-refractivity contribution in [3.63, 3.8) is 0 Å². The smallest absolute Gasteiger partial charge is 0.239 e. The van der Waals surface area contributed by atoms with Crippen molar-refractivity contribution in [2.75, 3.05) is 38.6 Å². The highest BCUT2D eigenvalue weighted by Gasteiger charge is 2.38. The van der Waals surface area contributed by atoms with Gasteiger partial charge in [-0.3, -0.25) is 9.59 Å². The molecule has 1 aromatic rings. The number of nitrogens with zero attached hydrogens (tertiary/aromatic N) is 2. The van der Waals surface area contributed by atoms with E-state index in [1.54, 1.807) is 16.8 Å². The Morgan fingerprint density at radius 3 is 2.86 bits per heavy atom. The summed E-state index contributed by atoms with van der Waals surface area (Å²) in [5, 5.41) is 3.00. The molecule has 1 aromatic carbocycles. The lowest BCUT2D eigenvalue weighted by molar-refractivity contribution is -0.138. The Labute approximate surface area is 145 Å². The monoisotopic (exact) mass is 389 g/mol. The molecule has 22 heavy (non-hydrogen) atoms. The molecule has 122 valence electrons. The second-order valence-corrected chi connectivity index (χ2v) is 6.09. The minimum Gasteiger partial charge on any atom is -0.344 e. The van der Waals surface area contributed by atoms with Gasteiger partial charge < -0.3 is 15.1 Å². The molecule has 1 unspecified atom stereocenters. The lowest BCUT2D eigenvalue weighted by Crippen LogP contribution is -2.40. The summed E-state index contributed by atoms with van der Waals surface area (Å²) in [6, 6.07) is 7.59. The highest BCUT2D eigenvalue weighted by molar-refractivity contribution is 9.10. The number of benzene rings is 1. The molecule has 2 rings (SSSR count). The van der Waals surface area contributed by atoms with Gasteiger partial charge in [0.2, 0.25) is 11.8 Å². The molecule has 1 saturated heterocycles. The maximum atomic E-state index is 12.5. The minimum atomic E-state index is -0.550. The molecule has 7 heteroatoms. The predicted octanol–water partition coefficient (Wildman–Crippen LogP) is 1.90. The van der Waals surface area contributed by atoms with E-state index in [0.717, 1.165) is 16.7 Å². The van der Waals surface area contributed by atoms with Crippen LogP contribution in [-0.4, -0.2) is 50.4 Å². The second kappa shape index (κ2) is 8.50. The van der Waals surface area contributed by atoms with Crippen LogP contribution in [0.1, 0.15) is 6.42 Å².